The Labute approximate surface area is 301 Å². The lowest BCUT2D eigenvalue weighted by molar-refractivity contribution is 0.0696. The van der Waals surface area contributed by atoms with E-state index in [-0.39, 0.29) is 17.5 Å². The third kappa shape index (κ3) is 5.92. The molecule has 1 aliphatic rings. The summed E-state index contributed by atoms with van der Waals surface area (Å²) in [5.41, 5.74) is 15.1. The lowest BCUT2D eigenvalue weighted by atomic mass is 9.96. The highest BCUT2D eigenvalue weighted by Gasteiger charge is 2.37. The lowest BCUT2D eigenvalue weighted by Gasteiger charge is -2.34. The number of carbonyl (C=O) groups excluding carboxylic acids is 1. The van der Waals surface area contributed by atoms with Crippen molar-refractivity contribution >= 4 is 73.9 Å². The van der Waals surface area contributed by atoms with Crippen LogP contribution in [0.2, 0.25) is 10.0 Å². The molecule has 11 heteroatoms. The van der Waals surface area contributed by atoms with Gasteiger partial charge in [-0.15, -0.1) is 0 Å². The summed E-state index contributed by atoms with van der Waals surface area (Å²) in [7, 11) is 3.62. The SMILES string of the molecule is CN=C(C)C(=C(C)N)c1c(Cl)ccc2c(CCCOc3cc(C)c(Cl)c(C)c3)c3n(c12)[C@H](C)CN(c1cn(C)c2ccc(C(=O)O)cc12)C3=O. The molecule has 50 heavy (non-hydrogen) atoms. The molecule has 0 aliphatic carbocycles. The number of aromatic carboxylic acids is 1. The third-order valence-corrected chi connectivity index (χ3v) is 10.6. The van der Waals surface area contributed by atoms with E-state index in [0.29, 0.717) is 53.5 Å². The van der Waals surface area contributed by atoms with Gasteiger partial charge in [-0.1, -0.05) is 29.3 Å². The Kier molecular flexibility index (Phi) is 9.50. The standard InChI is InChI=1S/C39H41Cl2N5O4/c1-20-15-26(16-21(2)35(20)41)50-14-8-9-27-28-11-12-30(40)34(33(23(4)42)24(5)43-6)36(28)46-22(3)18-45(38(47)37(27)46)32-19-44(7)31-13-10-25(39(48)49)17-29(31)32/h10-13,15-17,19,22H,8-9,14,18,42H2,1-7H3,(H,48,49)/t22-/m1/s1. The van der Waals surface area contributed by atoms with Crippen molar-refractivity contribution in [1.82, 2.24) is 9.13 Å². The van der Waals surface area contributed by atoms with Crippen LogP contribution in [0.4, 0.5) is 5.69 Å². The number of carboxylic acid groups (broad SMARTS) is 1. The molecule has 260 valence electrons. The number of benzene rings is 3. The molecule has 1 aliphatic heterocycles. The van der Waals surface area contributed by atoms with Crippen molar-refractivity contribution in [2.24, 2.45) is 17.8 Å². The van der Waals surface area contributed by atoms with E-state index in [4.69, 9.17) is 33.7 Å². The number of ether oxygens (including phenoxy) is 1. The van der Waals surface area contributed by atoms with Gasteiger partial charge < -0.3 is 29.6 Å². The number of hydrogen-bond acceptors (Lipinski definition) is 5. The van der Waals surface area contributed by atoms with Gasteiger partial charge in [0, 0.05) is 76.7 Å². The number of anilines is 1. The molecular formula is C39H41Cl2N5O4. The Morgan fingerprint density at radius 1 is 1.08 bits per heavy atom. The fourth-order valence-electron chi connectivity index (χ4n) is 7.30. The summed E-state index contributed by atoms with van der Waals surface area (Å²) in [4.78, 5) is 33.1. The predicted molar refractivity (Wildman–Crippen MR) is 204 cm³/mol. The summed E-state index contributed by atoms with van der Waals surface area (Å²) in [6, 6.07) is 12.5. The first kappa shape index (κ1) is 35.1. The lowest BCUT2D eigenvalue weighted by Crippen LogP contribution is -2.42. The molecule has 9 nitrogen and oxygen atoms in total. The van der Waals surface area contributed by atoms with Gasteiger partial charge in [-0.2, -0.15) is 0 Å². The number of aromatic nitrogens is 2. The average molecular weight is 715 g/mol. The van der Waals surface area contributed by atoms with Gasteiger partial charge in [-0.3, -0.25) is 9.79 Å². The first-order valence-corrected chi connectivity index (χ1v) is 17.3. The Balaban J connectivity index is 1.51. The zero-order valence-corrected chi connectivity index (χ0v) is 30.8. The molecule has 1 amide bonds. The van der Waals surface area contributed by atoms with Gasteiger partial charge in [0.25, 0.3) is 5.91 Å². The number of carboxylic acids is 1. The Morgan fingerprint density at radius 3 is 2.42 bits per heavy atom. The van der Waals surface area contributed by atoms with E-state index in [1.807, 2.05) is 69.8 Å². The number of hydrogen-bond donors (Lipinski definition) is 2. The maximum atomic E-state index is 14.9. The first-order valence-electron chi connectivity index (χ1n) is 16.5. The maximum absolute atomic E-state index is 14.9. The van der Waals surface area contributed by atoms with Crippen molar-refractivity contribution in [3.05, 3.63) is 97.9 Å². The smallest absolute Gasteiger partial charge is 0.335 e. The van der Waals surface area contributed by atoms with Gasteiger partial charge in [0.05, 0.1) is 28.4 Å². The van der Waals surface area contributed by atoms with Crippen LogP contribution in [0.3, 0.4) is 0 Å². The summed E-state index contributed by atoms with van der Waals surface area (Å²) >= 11 is 13.4. The molecule has 3 aromatic carbocycles. The van der Waals surface area contributed by atoms with E-state index in [9.17, 15) is 14.7 Å². The molecule has 0 saturated carbocycles. The summed E-state index contributed by atoms with van der Waals surface area (Å²) in [5, 5.41) is 12.6. The highest BCUT2D eigenvalue weighted by atomic mass is 35.5. The van der Waals surface area contributed by atoms with Crippen LogP contribution in [-0.4, -0.2) is 52.0 Å². The normalized spacial score (nSPS) is 15.5. The van der Waals surface area contributed by atoms with Crippen LogP contribution in [-0.2, 0) is 13.5 Å². The molecule has 1 atom stereocenters. The topological polar surface area (TPSA) is 115 Å². The molecule has 2 aromatic heterocycles. The Bertz CT molecular complexity index is 2250. The second-order valence-electron chi connectivity index (χ2n) is 13.1. The Morgan fingerprint density at radius 2 is 1.78 bits per heavy atom. The molecule has 3 heterocycles. The van der Waals surface area contributed by atoms with Crippen LogP contribution in [0.25, 0.3) is 27.4 Å². The van der Waals surface area contributed by atoms with Crippen LogP contribution in [0.1, 0.15) is 76.3 Å². The minimum atomic E-state index is -1.03. The second-order valence-corrected chi connectivity index (χ2v) is 13.9. The summed E-state index contributed by atoms with van der Waals surface area (Å²) in [5.74, 6) is -0.453. The van der Waals surface area contributed by atoms with Gasteiger partial charge in [0.1, 0.15) is 11.4 Å². The number of fused-ring (bicyclic) bond motifs is 4. The van der Waals surface area contributed by atoms with E-state index in [0.717, 1.165) is 60.7 Å². The van der Waals surface area contributed by atoms with Gasteiger partial charge in [-0.25, -0.2) is 4.79 Å². The fraction of sp³-hybridized carbons (Fsp3) is 0.308. The zero-order chi connectivity index (χ0) is 36.2. The van der Waals surface area contributed by atoms with Crippen LogP contribution >= 0.6 is 23.2 Å². The monoisotopic (exact) mass is 713 g/mol. The molecule has 3 N–H and O–H groups in total. The van der Waals surface area contributed by atoms with E-state index in [1.165, 1.54) is 0 Å². The molecular weight excluding hydrogens is 673 g/mol. The highest BCUT2D eigenvalue weighted by Crippen LogP contribution is 2.43. The maximum Gasteiger partial charge on any atom is 0.335 e. The predicted octanol–water partition coefficient (Wildman–Crippen LogP) is 8.77. The summed E-state index contributed by atoms with van der Waals surface area (Å²) in [6.45, 7) is 10.5. The molecule has 0 unspecified atom stereocenters. The quantitative estimate of drug-likeness (QED) is 0.117. The van der Waals surface area contributed by atoms with Crippen molar-refractivity contribution < 1.29 is 19.4 Å². The number of nitrogens with two attached hydrogens (primary N) is 1. The molecule has 0 radical (unpaired) electrons. The number of aliphatic imine (C=N–C) groups is 1. The third-order valence-electron chi connectivity index (χ3n) is 9.65. The van der Waals surface area contributed by atoms with Crippen molar-refractivity contribution in [2.45, 2.75) is 53.5 Å². The van der Waals surface area contributed by atoms with Crippen LogP contribution in [0.5, 0.6) is 5.75 Å². The van der Waals surface area contributed by atoms with E-state index >= 15 is 0 Å². The van der Waals surface area contributed by atoms with Crippen LogP contribution < -0.4 is 15.4 Å². The van der Waals surface area contributed by atoms with Gasteiger partial charge in [0.2, 0.25) is 0 Å². The van der Waals surface area contributed by atoms with E-state index < -0.39 is 5.97 Å². The molecule has 0 fully saturated rings. The number of allylic oxidation sites excluding steroid dienone is 2. The van der Waals surface area contributed by atoms with Crippen molar-refractivity contribution in [3.63, 3.8) is 0 Å². The highest BCUT2D eigenvalue weighted by molar-refractivity contribution is 6.38. The second kappa shape index (κ2) is 13.5. The van der Waals surface area contributed by atoms with E-state index in [2.05, 4.69) is 16.5 Å². The first-order chi connectivity index (χ1) is 23.7. The zero-order valence-electron chi connectivity index (χ0n) is 29.3. The Hall–Kier alpha value is -4.73. The van der Waals surface area contributed by atoms with Gasteiger partial charge in [-0.05, 0) is 101 Å². The number of amides is 1. The number of halogens is 2. The van der Waals surface area contributed by atoms with Crippen molar-refractivity contribution in [1.29, 1.82) is 0 Å². The fourth-order valence-corrected chi connectivity index (χ4v) is 7.65. The molecule has 5 aromatic rings. The number of aryl methyl sites for hydroxylation is 4. The van der Waals surface area contributed by atoms with Crippen LogP contribution in [0, 0.1) is 13.8 Å². The minimum absolute atomic E-state index is 0.159. The molecule has 0 spiro atoms. The van der Waals surface area contributed by atoms with Gasteiger partial charge >= 0.3 is 5.97 Å². The largest absolute Gasteiger partial charge is 0.494 e. The molecule has 6 rings (SSSR count). The molecule has 0 bridgehead atoms. The average Bonchev–Trinajstić information content (AvgIpc) is 3.58. The number of rotatable bonds is 9. The summed E-state index contributed by atoms with van der Waals surface area (Å²) in [6.07, 6.45) is 3.08. The number of nitrogens with zero attached hydrogens (tertiary/aromatic N) is 4. The van der Waals surface area contributed by atoms with Crippen LogP contribution in [0.15, 0.2) is 59.4 Å². The molecule has 0 saturated heterocycles. The van der Waals surface area contributed by atoms with Gasteiger partial charge in [0.15, 0.2) is 0 Å². The van der Waals surface area contributed by atoms with Crippen molar-refractivity contribution in [3.8, 4) is 5.75 Å². The number of carbonyl (C=O) groups is 2. The van der Waals surface area contributed by atoms with E-state index in [1.54, 1.807) is 30.1 Å². The summed E-state index contributed by atoms with van der Waals surface area (Å²) < 4.78 is 10.2. The minimum Gasteiger partial charge on any atom is -0.494 e. The van der Waals surface area contributed by atoms with Crippen molar-refractivity contribution in [2.75, 3.05) is 25.1 Å².